The van der Waals surface area contributed by atoms with E-state index in [2.05, 4.69) is 26.6 Å². The fourth-order valence-electron chi connectivity index (χ4n) is 1.58. The number of carbonyl (C=O) groups is 2. The van der Waals surface area contributed by atoms with Gasteiger partial charge in [0.2, 0.25) is 0 Å². The third kappa shape index (κ3) is 5.02. The molecule has 3 N–H and O–H groups in total. The van der Waals surface area contributed by atoms with Crippen molar-refractivity contribution in [3.63, 3.8) is 0 Å². The van der Waals surface area contributed by atoms with Crippen LogP contribution in [0.2, 0.25) is 5.02 Å². The summed E-state index contributed by atoms with van der Waals surface area (Å²) in [7, 11) is 0. The Kier molecular flexibility index (Phi) is 6.81. The van der Waals surface area contributed by atoms with Gasteiger partial charge in [0.1, 0.15) is 6.04 Å². The number of halogens is 2. The van der Waals surface area contributed by atoms with E-state index < -0.39 is 18.0 Å². The minimum absolute atomic E-state index is 0.399. The van der Waals surface area contributed by atoms with Gasteiger partial charge < -0.3 is 15.7 Å². The Labute approximate surface area is 130 Å². The highest BCUT2D eigenvalue weighted by molar-refractivity contribution is 9.10. The highest BCUT2D eigenvalue weighted by atomic mass is 79.9. The number of carbonyl (C=O) groups excluding carboxylic acids is 1. The number of anilines is 1. The summed E-state index contributed by atoms with van der Waals surface area (Å²) in [5.41, 5.74) is 0.481. The summed E-state index contributed by atoms with van der Waals surface area (Å²) >= 11 is 9.16. The Balaban J connectivity index is 2.66. The Morgan fingerprint density at radius 1 is 1.45 bits per heavy atom. The SMILES string of the molecule is CCCC[C@H](NC(=O)Nc1cccc(Cl)c1Br)C(=O)O. The maximum absolute atomic E-state index is 11.8. The predicted octanol–water partition coefficient (Wildman–Crippen LogP) is 3.87. The lowest BCUT2D eigenvalue weighted by molar-refractivity contribution is -0.139. The van der Waals surface area contributed by atoms with Crippen LogP contribution < -0.4 is 10.6 Å². The zero-order chi connectivity index (χ0) is 15.1. The quantitative estimate of drug-likeness (QED) is 0.718. The molecule has 1 rings (SSSR count). The smallest absolute Gasteiger partial charge is 0.326 e. The molecular formula is C13H16BrClN2O3. The first-order chi connectivity index (χ1) is 9.45. The second-order valence-corrected chi connectivity index (χ2v) is 5.43. The number of aliphatic carboxylic acids is 1. The van der Waals surface area contributed by atoms with E-state index >= 15 is 0 Å². The molecule has 0 aliphatic rings. The van der Waals surface area contributed by atoms with Gasteiger partial charge in [-0.15, -0.1) is 0 Å². The van der Waals surface area contributed by atoms with E-state index in [0.717, 1.165) is 12.8 Å². The van der Waals surface area contributed by atoms with Crippen LogP contribution in [0, 0.1) is 0 Å². The predicted molar refractivity (Wildman–Crippen MR) is 82.3 cm³/mol. The molecule has 0 bridgehead atoms. The van der Waals surface area contributed by atoms with Gasteiger partial charge in [0.25, 0.3) is 0 Å². The van der Waals surface area contributed by atoms with Gasteiger partial charge in [0.15, 0.2) is 0 Å². The average molecular weight is 364 g/mol. The number of carboxylic acid groups (broad SMARTS) is 1. The van der Waals surface area contributed by atoms with Crippen LogP contribution in [0.1, 0.15) is 26.2 Å². The number of hydrogen-bond donors (Lipinski definition) is 3. The monoisotopic (exact) mass is 362 g/mol. The second-order valence-electron chi connectivity index (χ2n) is 4.23. The van der Waals surface area contributed by atoms with E-state index in [4.69, 9.17) is 16.7 Å². The molecular weight excluding hydrogens is 348 g/mol. The lowest BCUT2D eigenvalue weighted by Crippen LogP contribution is -2.43. The molecule has 2 amide bonds. The minimum atomic E-state index is -1.04. The van der Waals surface area contributed by atoms with Crippen LogP contribution in [-0.2, 0) is 4.79 Å². The molecule has 1 aromatic rings. The van der Waals surface area contributed by atoms with E-state index in [1.807, 2.05) is 6.92 Å². The number of benzene rings is 1. The van der Waals surface area contributed by atoms with E-state index in [0.29, 0.717) is 21.6 Å². The first-order valence-corrected chi connectivity index (χ1v) is 7.37. The van der Waals surface area contributed by atoms with Crippen molar-refractivity contribution in [2.45, 2.75) is 32.2 Å². The number of hydrogen-bond acceptors (Lipinski definition) is 2. The van der Waals surface area contributed by atoms with Crippen molar-refractivity contribution < 1.29 is 14.7 Å². The molecule has 0 aliphatic carbocycles. The highest BCUT2D eigenvalue weighted by Crippen LogP contribution is 2.29. The number of unbranched alkanes of at least 4 members (excludes halogenated alkanes) is 1. The van der Waals surface area contributed by atoms with Gasteiger partial charge in [-0.25, -0.2) is 9.59 Å². The van der Waals surface area contributed by atoms with E-state index in [-0.39, 0.29) is 0 Å². The van der Waals surface area contributed by atoms with Gasteiger partial charge in [0, 0.05) is 0 Å². The standard InChI is InChI=1S/C13H16BrClN2O3/c1-2-3-6-10(12(18)19)17-13(20)16-9-7-4-5-8(15)11(9)14/h4-5,7,10H,2-3,6H2,1H3,(H,18,19)(H2,16,17,20)/t10-/m0/s1. The van der Waals surface area contributed by atoms with Crippen molar-refractivity contribution in [1.29, 1.82) is 0 Å². The molecule has 0 aromatic heterocycles. The van der Waals surface area contributed by atoms with Crippen LogP contribution >= 0.6 is 27.5 Å². The van der Waals surface area contributed by atoms with Crippen LogP contribution in [0.15, 0.2) is 22.7 Å². The Morgan fingerprint density at radius 3 is 2.75 bits per heavy atom. The Morgan fingerprint density at radius 2 is 2.15 bits per heavy atom. The van der Waals surface area contributed by atoms with Gasteiger partial charge in [-0.3, -0.25) is 0 Å². The molecule has 20 heavy (non-hydrogen) atoms. The number of nitrogens with one attached hydrogen (secondary N) is 2. The van der Waals surface area contributed by atoms with Gasteiger partial charge in [0.05, 0.1) is 15.2 Å². The lowest BCUT2D eigenvalue weighted by Gasteiger charge is -2.15. The number of carboxylic acids is 1. The molecule has 0 heterocycles. The first kappa shape index (κ1) is 16.8. The second kappa shape index (κ2) is 8.11. The summed E-state index contributed by atoms with van der Waals surface area (Å²) in [5.74, 6) is -1.04. The summed E-state index contributed by atoms with van der Waals surface area (Å²) in [6, 6.07) is 3.56. The molecule has 0 aliphatic heterocycles. The van der Waals surface area contributed by atoms with Crippen molar-refractivity contribution in [2.75, 3.05) is 5.32 Å². The summed E-state index contributed by atoms with van der Waals surface area (Å²) < 4.78 is 0.553. The zero-order valence-corrected chi connectivity index (χ0v) is 13.3. The molecule has 5 nitrogen and oxygen atoms in total. The van der Waals surface area contributed by atoms with Crippen molar-refractivity contribution in [2.24, 2.45) is 0 Å². The number of rotatable bonds is 6. The van der Waals surface area contributed by atoms with Crippen molar-refractivity contribution >= 4 is 45.2 Å². The highest BCUT2D eigenvalue weighted by Gasteiger charge is 2.19. The first-order valence-electron chi connectivity index (χ1n) is 6.20. The van der Waals surface area contributed by atoms with E-state index in [9.17, 15) is 9.59 Å². The fraction of sp³-hybridized carbons (Fsp3) is 0.385. The summed E-state index contributed by atoms with van der Waals surface area (Å²) in [6.45, 7) is 1.96. The van der Waals surface area contributed by atoms with Gasteiger partial charge in [-0.2, -0.15) is 0 Å². The lowest BCUT2D eigenvalue weighted by atomic mass is 10.1. The van der Waals surface area contributed by atoms with Gasteiger partial charge >= 0.3 is 12.0 Å². The average Bonchev–Trinajstić information content (AvgIpc) is 2.39. The van der Waals surface area contributed by atoms with Crippen molar-refractivity contribution in [3.05, 3.63) is 27.7 Å². The number of urea groups is 1. The van der Waals surface area contributed by atoms with Crippen molar-refractivity contribution in [1.82, 2.24) is 5.32 Å². The summed E-state index contributed by atoms with van der Waals surface area (Å²) in [4.78, 5) is 22.8. The Bertz CT molecular complexity index is 497. The fourth-order valence-corrected chi connectivity index (χ4v) is 2.12. The Hall–Kier alpha value is -1.27. The van der Waals surface area contributed by atoms with Crippen LogP contribution in [0.25, 0.3) is 0 Å². The van der Waals surface area contributed by atoms with E-state index in [1.54, 1.807) is 18.2 Å². The molecule has 0 saturated heterocycles. The van der Waals surface area contributed by atoms with Crippen LogP contribution in [0.4, 0.5) is 10.5 Å². The largest absolute Gasteiger partial charge is 0.480 e. The topological polar surface area (TPSA) is 78.4 Å². The molecule has 0 unspecified atom stereocenters. The molecule has 7 heteroatoms. The molecule has 1 atom stereocenters. The maximum Gasteiger partial charge on any atom is 0.326 e. The molecule has 0 spiro atoms. The maximum atomic E-state index is 11.8. The van der Waals surface area contributed by atoms with Gasteiger partial charge in [-0.1, -0.05) is 37.4 Å². The summed E-state index contributed by atoms with van der Waals surface area (Å²) in [5, 5.41) is 14.5. The molecule has 1 aromatic carbocycles. The van der Waals surface area contributed by atoms with Crippen LogP contribution in [0.3, 0.4) is 0 Å². The molecule has 110 valence electrons. The third-order valence-electron chi connectivity index (χ3n) is 2.65. The van der Waals surface area contributed by atoms with Gasteiger partial charge in [-0.05, 0) is 34.5 Å². The van der Waals surface area contributed by atoms with E-state index in [1.165, 1.54) is 0 Å². The minimum Gasteiger partial charge on any atom is -0.480 e. The van der Waals surface area contributed by atoms with Crippen LogP contribution in [0.5, 0.6) is 0 Å². The molecule has 0 saturated carbocycles. The normalized spacial score (nSPS) is 11.8. The third-order valence-corrected chi connectivity index (χ3v) is 4.05. The zero-order valence-electron chi connectivity index (χ0n) is 11.0. The number of amides is 2. The molecule has 0 fully saturated rings. The van der Waals surface area contributed by atoms with Crippen LogP contribution in [-0.4, -0.2) is 23.1 Å². The summed E-state index contributed by atoms with van der Waals surface area (Å²) in [6.07, 6.45) is 2.00. The molecule has 0 radical (unpaired) electrons. The van der Waals surface area contributed by atoms with Crippen molar-refractivity contribution in [3.8, 4) is 0 Å².